The lowest BCUT2D eigenvalue weighted by Gasteiger charge is -2.11. The monoisotopic (exact) mass is 438 g/mol. The minimum atomic E-state index is -0.180. The van der Waals surface area contributed by atoms with Crippen LogP contribution in [0.4, 0.5) is 5.69 Å². The fourth-order valence-electron chi connectivity index (χ4n) is 3.22. The summed E-state index contributed by atoms with van der Waals surface area (Å²) in [6, 6.07) is 13.1. The molecular weight excluding hydrogens is 420 g/mol. The van der Waals surface area contributed by atoms with E-state index in [0.29, 0.717) is 26.8 Å². The molecule has 4 aromatic rings. The van der Waals surface area contributed by atoms with E-state index in [1.165, 1.54) is 15.7 Å². The molecule has 8 heteroatoms. The van der Waals surface area contributed by atoms with E-state index in [0.717, 1.165) is 22.4 Å². The van der Waals surface area contributed by atoms with Crippen LogP contribution in [0.1, 0.15) is 28.9 Å². The van der Waals surface area contributed by atoms with Gasteiger partial charge in [-0.15, -0.1) is 10.2 Å². The molecule has 0 saturated heterocycles. The van der Waals surface area contributed by atoms with E-state index < -0.39 is 0 Å². The van der Waals surface area contributed by atoms with Crippen LogP contribution in [-0.4, -0.2) is 20.5 Å². The van der Waals surface area contributed by atoms with Gasteiger partial charge in [0, 0.05) is 23.6 Å². The van der Waals surface area contributed by atoms with Crippen molar-refractivity contribution in [3.63, 3.8) is 0 Å². The van der Waals surface area contributed by atoms with Crippen molar-refractivity contribution < 1.29 is 4.79 Å². The van der Waals surface area contributed by atoms with E-state index >= 15 is 0 Å². The second-order valence-corrected chi connectivity index (χ2v) is 8.46. The first-order chi connectivity index (χ1) is 14.4. The van der Waals surface area contributed by atoms with Crippen molar-refractivity contribution in [3.05, 3.63) is 84.9 Å². The zero-order valence-corrected chi connectivity index (χ0v) is 18.0. The number of thiazole rings is 1. The van der Waals surface area contributed by atoms with Crippen LogP contribution in [-0.2, 0) is 11.2 Å². The lowest BCUT2D eigenvalue weighted by molar-refractivity contribution is -0.116. The van der Waals surface area contributed by atoms with Crippen LogP contribution in [0.15, 0.2) is 47.3 Å². The second-order valence-electron chi connectivity index (χ2n) is 7.02. The van der Waals surface area contributed by atoms with Gasteiger partial charge in [-0.3, -0.25) is 9.59 Å². The van der Waals surface area contributed by atoms with E-state index in [2.05, 4.69) is 15.5 Å². The minimum absolute atomic E-state index is 0.125. The lowest BCUT2D eigenvalue weighted by Crippen LogP contribution is -2.25. The second kappa shape index (κ2) is 8.38. The van der Waals surface area contributed by atoms with Crippen LogP contribution >= 0.6 is 22.9 Å². The summed E-state index contributed by atoms with van der Waals surface area (Å²) in [6.07, 6.45) is 2.33. The third-order valence-electron chi connectivity index (χ3n) is 4.80. The Bertz CT molecular complexity index is 1320. The maximum absolute atomic E-state index is 12.8. The molecular formula is C22H19ClN4O2S. The lowest BCUT2D eigenvalue weighted by atomic mass is 10.1. The van der Waals surface area contributed by atoms with E-state index in [4.69, 9.17) is 11.6 Å². The number of amides is 1. The van der Waals surface area contributed by atoms with Crippen molar-refractivity contribution in [2.45, 2.75) is 26.7 Å². The number of para-hydroxylation sites is 1. The number of anilines is 1. The van der Waals surface area contributed by atoms with Gasteiger partial charge in [0.2, 0.25) is 10.9 Å². The highest BCUT2D eigenvalue weighted by atomic mass is 35.5. The molecule has 2 aromatic carbocycles. The first kappa shape index (κ1) is 20.3. The van der Waals surface area contributed by atoms with Gasteiger partial charge in [0.05, 0.1) is 4.53 Å². The molecule has 0 aliphatic heterocycles. The van der Waals surface area contributed by atoms with Crippen molar-refractivity contribution in [1.29, 1.82) is 0 Å². The number of benzene rings is 2. The SMILES string of the molecule is Cc1cccc(C)c1NC(=O)CCc1nnc2s/c(=C\c3ccc(Cl)cc3)c(=O)n12. The number of nitrogens with one attached hydrogen (secondary N) is 1. The number of nitrogens with zero attached hydrogens (tertiary/aromatic N) is 3. The van der Waals surface area contributed by atoms with Crippen molar-refractivity contribution in [3.8, 4) is 0 Å². The quantitative estimate of drug-likeness (QED) is 0.517. The van der Waals surface area contributed by atoms with Gasteiger partial charge in [0.25, 0.3) is 5.56 Å². The Kier molecular flexibility index (Phi) is 5.65. The van der Waals surface area contributed by atoms with Crippen molar-refractivity contribution >= 4 is 45.6 Å². The molecule has 0 aliphatic carbocycles. The number of carbonyl (C=O) groups excluding carboxylic acids is 1. The number of halogens is 1. The fraction of sp³-hybridized carbons (Fsp3) is 0.182. The van der Waals surface area contributed by atoms with Gasteiger partial charge in [0.15, 0.2) is 0 Å². The van der Waals surface area contributed by atoms with Crippen LogP contribution in [0.3, 0.4) is 0 Å². The molecule has 1 N–H and O–H groups in total. The van der Waals surface area contributed by atoms with E-state index in [-0.39, 0.29) is 17.9 Å². The van der Waals surface area contributed by atoms with Crippen LogP contribution in [0.5, 0.6) is 0 Å². The zero-order valence-electron chi connectivity index (χ0n) is 16.5. The first-order valence-corrected chi connectivity index (χ1v) is 10.6. The van der Waals surface area contributed by atoms with Crippen molar-refractivity contribution in [2.75, 3.05) is 5.32 Å². The Morgan fingerprint density at radius 2 is 1.83 bits per heavy atom. The molecule has 0 aliphatic rings. The highest BCUT2D eigenvalue weighted by Gasteiger charge is 2.14. The van der Waals surface area contributed by atoms with Crippen molar-refractivity contribution in [1.82, 2.24) is 14.6 Å². The molecule has 0 unspecified atom stereocenters. The molecule has 6 nitrogen and oxygen atoms in total. The van der Waals surface area contributed by atoms with E-state index in [1.807, 2.05) is 44.2 Å². The Labute approximate surface area is 181 Å². The molecule has 2 heterocycles. The standard InChI is InChI=1S/C22H19ClN4O2S/c1-13-4-3-5-14(2)20(13)24-19(28)11-10-18-25-26-22-27(18)21(29)17(30-22)12-15-6-8-16(23)9-7-15/h3-9,12H,10-11H2,1-2H3,(H,24,28)/b17-12-. The topological polar surface area (TPSA) is 76.4 Å². The Morgan fingerprint density at radius 1 is 1.13 bits per heavy atom. The Morgan fingerprint density at radius 3 is 2.53 bits per heavy atom. The van der Waals surface area contributed by atoms with Gasteiger partial charge in [0.1, 0.15) is 5.82 Å². The number of aryl methyl sites for hydroxylation is 3. The van der Waals surface area contributed by atoms with E-state index in [1.54, 1.807) is 18.2 Å². The summed E-state index contributed by atoms with van der Waals surface area (Å²) < 4.78 is 2.04. The summed E-state index contributed by atoms with van der Waals surface area (Å²) in [6.45, 7) is 3.91. The van der Waals surface area contributed by atoms with Gasteiger partial charge in [-0.05, 0) is 48.7 Å². The molecule has 0 radical (unpaired) electrons. The number of rotatable bonds is 5. The number of aromatic nitrogens is 3. The van der Waals surface area contributed by atoms with Crippen LogP contribution in [0.25, 0.3) is 11.0 Å². The summed E-state index contributed by atoms with van der Waals surface area (Å²) in [5.74, 6) is 0.360. The molecule has 152 valence electrons. The largest absolute Gasteiger partial charge is 0.326 e. The summed E-state index contributed by atoms with van der Waals surface area (Å²) >= 11 is 7.19. The third kappa shape index (κ3) is 4.13. The summed E-state index contributed by atoms with van der Waals surface area (Å²) in [5.41, 5.74) is 3.54. The highest BCUT2D eigenvalue weighted by Crippen LogP contribution is 2.19. The predicted octanol–water partition coefficient (Wildman–Crippen LogP) is 3.54. The van der Waals surface area contributed by atoms with Gasteiger partial charge >= 0.3 is 0 Å². The molecule has 0 spiro atoms. The van der Waals surface area contributed by atoms with Gasteiger partial charge in [-0.1, -0.05) is 53.3 Å². The molecule has 4 rings (SSSR count). The Hall–Kier alpha value is -3.03. The summed E-state index contributed by atoms with van der Waals surface area (Å²) in [7, 11) is 0. The molecule has 0 fully saturated rings. The molecule has 2 aromatic heterocycles. The maximum Gasteiger partial charge on any atom is 0.275 e. The van der Waals surface area contributed by atoms with E-state index in [9.17, 15) is 9.59 Å². The third-order valence-corrected chi connectivity index (χ3v) is 6.02. The summed E-state index contributed by atoms with van der Waals surface area (Å²) in [4.78, 5) is 25.8. The number of carbonyl (C=O) groups is 1. The van der Waals surface area contributed by atoms with Gasteiger partial charge in [-0.25, -0.2) is 4.40 Å². The molecule has 30 heavy (non-hydrogen) atoms. The van der Waals surface area contributed by atoms with Crippen molar-refractivity contribution in [2.24, 2.45) is 0 Å². The smallest absolute Gasteiger partial charge is 0.275 e. The number of hydrogen-bond acceptors (Lipinski definition) is 5. The number of hydrogen-bond donors (Lipinski definition) is 1. The normalized spacial score (nSPS) is 11.9. The van der Waals surface area contributed by atoms with Crippen LogP contribution in [0, 0.1) is 13.8 Å². The fourth-order valence-corrected chi connectivity index (χ4v) is 4.28. The molecule has 0 bridgehead atoms. The average molecular weight is 439 g/mol. The predicted molar refractivity (Wildman–Crippen MR) is 120 cm³/mol. The molecule has 1 amide bonds. The van der Waals surface area contributed by atoms with Crippen LogP contribution in [0.2, 0.25) is 5.02 Å². The first-order valence-electron chi connectivity index (χ1n) is 9.42. The zero-order chi connectivity index (χ0) is 21.3. The maximum atomic E-state index is 12.8. The minimum Gasteiger partial charge on any atom is -0.326 e. The summed E-state index contributed by atoms with van der Waals surface area (Å²) in [5, 5.41) is 11.8. The van der Waals surface area contributed by atoms with Gasteiger partial charge in [-0.2, -0.15) is 0 Å². The van der Waals surface area contributed by atoms with Gasteiger partial charge < -0.3 is 5.32 Å². The molecule has 0 saturated carbocycles. The highest BCUT2D eigenvalue weighted by molar-refractivity contribution is 7.15. The van der Waals surface area contributed by atoms with Crippen LogP contribution < -0.4 is 15.4 Å². The Balaban J connectivity index is 1.54. The average Bonchev–Trinajstić information content (AvgIpc) is 3.25. The number of fused-ring (bicyclic) bond motifs is 1. The molecule has 0 atom stereocenters.